The highest BCUT2D eigenvalue weighted by Gasteiger charge is 2.27. The fourth-order valence-electron chi connectivity index (χ4n) is 2.97. The second kappa shape index (κ2) is 6.48. The zero-order valence-electron chi connectivity index (χ0n) is 13.9. The molecule has 6 nitrogen and oxygen atoms in total. The summed E-state index contributed by atoms with van der Waals surface area (Å²) in [6.07, 6.45) is 8.93. The van der Waals surface area contributed by atoms with E-state index < -0.39 is 0 Å². The Hall–Kier alpha value is -2.24. The average Bonchev–Trinajstić information content (AvgIpc) is 3.19. The van der Waals surface area contributed by atoms with Gasteiger partial charge in [0.1, 0.15) is 12.0 Å². The van der Waals surface area contributed by atoms with Crippen LogP contribution in [0.1, 0.15) is 62.1 Å². The molecule has 3 heterocycles. The van der Waals surface area contributed by atoms with Crippen LogP contribution in [0.15, 0.2) is 24.5 Å². The van der Waals surface area contributed by atoms with Gasteiger partial charge in [-0.15, -0.1) is 0 Å². The van der Waals surface area contributed by atoms with E-state index in [1.165, 1.54) is 6.33 Å². The van der Waals surface area contributed by atoms with Gasteiger partial charge in [0.2, 0.25) is 0 Å². The molecular weight excluding hydrogens is 290 g/mol. The van der Waals surface area contributed by atoms with Crippen LogP contribution >= 0.6 is 0 Å². The summed E-state index contributed by atoms with van der Waals surface area (Å²) in [5.74, 6) is 0.696. The molecule has 1 aliphatic heterocycles. The lowest BCUT2D eigenvalue weighted by Gasteiger charge is -2.24. The third-order valence-corrected chi connectivity index (χ3v) is 4.27. The number of aromatic nitrogens is 4. The number of hydrogen-bond acceptors (Lipinski definition) is 4. The Morgan fingerprint density at radius 3 is 3.00 bits per heavy atom. The first-order valence-electron chi connectivity index (χ1n) is 8.30. The monoisotopic (exact) mass is 313 g/mol. The highest BCUT2D eigenvalue weighted by atomic mass is 16.2. The maximum atomic E-state index is 12.9. The molecule has 0 aromatic carbocycles. The van der Waals surface area contributed by atoms with Crippen molar-refractivity contribution in [1.82, 2.24) is 24.5 Å². The smallest absolute Gasteiger partial charge is 0.273 e. The Balaban J connectivity index is 1.91. The van der Waals surface area contributed by atoms with E-state index in [2.05, 4.69) is 48.0 Å². The van der Waals surface area contributed by atoms with Crippen LogP contribution in [0, 0.1) is 0 Å². The number of rotatable bonds is 5. The largest absolute Gasteiger partial charge is 0.327 e. The molecule has 3 rings (SSSR count). The number of hydrogen-bond donors (Lipinski definition) is 0. The normalized spacial score (nSPS) is 17.6. The summed E-state index contributed by atoms with van der Waals surface area (Å²) in [6.45, 7) is 6.97. The zero-order valence-corrected chi connectivity index (χ0v) is 13.9. The summed E-state index contributed by atoms with van der Waals surface area (Å²) >= 11 is 0. The van der Waals surface area contributed by atoms with Crippen molar-refractivity contribution in [2.75, 3.05) is 6.54 Å². The van der Waals surface area contributed by atoms with Gasteiger partial charge in [0.05, 0.1) is 11.7 Å². The second-order valence-corrected chi connectivity index (χ2v) is 6.29. The van der Waals surface area contributed by atoms with Gasteiger partial charge >= 0.3 is 0 Å². The minimum absolute atomic E-state index is 0.0245. The van der Waals surface area contributed by atoms with Gasteiger partial charge in [0.15, 0.2) is 0 Å². The molecule has 1 unspecified atom stereocenters. The van der Waals surface area contributed by atoms with Gasteiger partial charge in [0, 0.05) is 6.54 Å². The van der Waals surface area contributed by atoms with E-state index in [1.807, 2.05) is 11.0 Å². The molecule has 0 saturated heterocycles. The third kappa shape index (κ3) is 2.98. The number of nitrogens with zero attached hydrogens (tertiary/aromatic N) is 5. The Labute approximate surface area is 136 Å². The van der Waals surface area contributed by atoms with Crippen LogP contribution in [0.2, 0.25) is 0 Å². The highest BCUT2D eigenvalue weighted by molar-refractivity contribution is 5.93. The lowest BCUT2D eigenvalue weighted by atomic mass is 10.1. The molecular formula is C17H23N5O. The summed E-state index contributed by atoms with van der Waals surface area (Å²) in [5.41, 5.74) is 1.41. The van der Waals surface area contributed by atoms with Crippen molar-refractivity contribution in [2.24, 2.45) is 0 Å². The molecule has 6 heteroatoms. The van der Waals surface area contributed by atoms with Crippen LogP contribution in [0.5, 0.6) is 0 Å². The van der Waals surface area contributed by atoms with Gasteiger partial charge in [-0.05, 0) is 18.4 Å². The second-order valence-electron chi connectivity index (χ2n) is 6.29. The number of carbonyl (C=O) groups is 1. The minimum Gasteiger partial charge on any atom is -0.327 e. The summed E-state index contributed by atoms with van der Waals surface area (Å²) in [6, 6.07) is 2.03. The average molecular weight is 313 g/mol. The molecule has 0 aliphatic carbocycles. The van der Waals surface area contributed by atoms with Crippen LogP contribution in [-0.4, -0.2) is 43.0 Å². The predicted octanol–water partition coefficient (Wildman–Crippen LogP) is 2.82. The van der Waals surface area contributed by atoms with Gasteiger partial charge < -0.3 is 4.90 Å². The van der Waals surface area contributed by atoms with Crippen LogP contribution in [0.3, 0.4) is 0 Å². The topological polar surface area (TPSA) is 63.4 Å². The van der Waals surface area contributed by atoms with Crippen molar-refractivity contribution in [3.63, 3.8) is 0 Å². The summed E-state index contributed by atoms with van der Waals surface area (Å²) < 4.78 is 1.71. The van der Waals surface area contributed by atoms with Crippen molar-refractivity contribution in [2.45, 2.75) is 52.0 Å². The number of unbranched alkanes of at least 4 members (excludes halogenated alkanes) is 1. The molecule has 0 saturated carbocycles. The Kier molecular flexibility index (Phi) is 4.41. The molecule has 1 amide bonds. The summed E-state index contributed by atoms with van der Waals surface area (Å²) in [4.78, 5) is 23.4. The molecule has 0 bridgehead atoms. The van der Waals surface area contributed by atoms with Crippen molar-refractivity contribution < 1.29 is 4.79 Å². The van der Waals surface area contributed by atoms with Gasteiger partial charge in [-0.3, -0.25) is 4.79 Å². The number of amides is 1. The van der Waals surface area contributed by atoms with Gasteiger partial charge in [-0.25, -0.2) is 9.50 Å². The molecule has 0 radical (unpaired) electrons. The van der Waals surface area contributed by atoms with Crippen LogP contribution in [0.25, 0.3) is 5.78 Å². The molecule has 122 valence electrons. The lowest BCUT2D eigenvalue weighted by Crippen LogP contribution is -2.36. The van der Waals surface area contributed by atoms with Gasteiger partial charge in [-0.1, -0.05) is 45.8 Å². The van der Waals surface area contributed by atoms with Crippen LogP contribution in [0.4, 0.5) is 0 Å². The van der Waals surface area contributed by atoms with E-state index in [-0.39, 0.29) is 17.9 Å². The maximum Gasteiger partial charge on any atom is 0.273 e. The molecule has 23 heavy (non-hydrogen) atoms. The molecule has 2 aromatic heterocycles. The standard InChI is InChI=1S/C17H23N5O/c1-4-5-7-13-8-6-9-21(13)16(23)14-10-15(12(2)3)22-17(20-14)18-11-19-22/h6,8,10-13H,4-5,7,9H2,1-3H3. The summed E-state index contributed by atoms with van der Waals surface area (Å²) in [7, 11) is 0. The van der Waals surface area contributed by atoms with Crippen LogP contribution < -0.4 is 0 Å². The Morgan fingerprint density at radius 2 is 2.26 bits per heavy atom. The fraction of sp³-hybridized carbons (Fsp3) is 0.529. The van der Waals surface area contributed by atoms with Gasteiger partial charge in [-0.2, -0.15) is 10.1 Å². The third-order valence-electron chi connectivity index (χ3n) is 4.27. The van der Waals surface area contributed by atoms with E-state index in [1.54, 1.807) is 4.52 Å². The van der Waals surface area contributed by atoms with E-state index >= 15 is 0 Å². The van der Waals surface area contributed by atoms with E-state index in [0.29, 0.717) is 18.0 Å². The molecule has 2 aromatic rings. The molecule has 1 aliphatic rings. The Morgan fingerprint density at radius 1 is 1.43 bits per heavy atom. The minimum atomic E-state index is -0.0245. The molecule has 0 spiro atoms. The molecule has 1 atom stereocenters. The van der Waals surface area contributed by atoms with Crippen molar-refractivity contribution in [3.8, 4) is 0 Å². The molecule has 0 fully saturated rings. The number of fused-ring (bicyclic) bond motifs is 1. The quantitative estimate of drug-likeness (QED) is 0.796. The SMILES string of the molecule is CCCCC1C=CCN1C(=O)c1cc(C(C)C)n2ncnc2n1. The highest BCUT2D eigenvalue weighted by Crippen LogP contribution is 2.21. The first kappa shape index (κ1) is 15.6. The lowest BCUT2D eigenvalue weighted by molar-refractivity contribution is 0.0737. The fourth-order valence-corrected chi connectivity index (χ4v) is 2.97. The van der Waals surface area contributed by atoms with Gasteiger partial charge in [0.25, 0.3) is 11.7 Å². The number of carbonyl (C=O) groups excluding carboxylic acids is 1. The van der Waals surface area contributed by atoms with E-state index in [4.69, 9.17) is 0 Å². The summed E-state index contributed by atoms with van der Waals surface area (Å²) in [5, 5.41) is 4.20. The van der Waals surface area contributed by atoms with Crippen molar-refractivity contribution >= 4 is 11.7 Å². The van der Waals surface area contributed by atoms with E-state index in [9.17, 15) is 4.79 Å². The Bertz CT molecular complexity index is 734. The molecule has 0 N–H and O–H groups in total. The predicted molar refractivity (Wildman–Crippen MR) is 88.4 cm³/mol. The van der Waals surface area contributed by atoms with Crippen molar-refractivity contribution in [1.29, 1.82) is 0 Å². The first-order chi connectivity index (χ1) is 11.1. The van der Waals surface area contributed by atoms with E-state index in [0.717, 1.165) is 25.0 Å². The van der Waals surface area contributed by atoms with Crippen molar-refractivity contribution in [3.05, 3.63) is 35.9 Å². The zero-order chi connectivity index (χ0) is 16.4. The maximum absolute atomic E-state index is 12.9. The van der Waals surface area contributed by atoms with Crippen LogP contribution in [-0.2, 0) is 0 Å². The first-order valence-corrected chi connectivity index (χ1v) is 8.30.